The summed E-state index contributed by atoms with van der Waals surface area (Å²) in [4.78, 5) is 23.2. The molecule has 1 saturated carbocycles. The Balaban J connectivity index is 1.58. The quantitative estimate of drug-likeness (QED) is 0.945. The summed E-state index contributed by atoms with van der Waals surface area (Å²) in [6.45, 7) is 0.350. The molecule has 2 aliphatic rings. The number of aromatic nitrogens is 2. The Morgan fingerprint density at radius 2 is 1.83 bits per heavy atom. The van der Waals surface area contributed by atoms with Gasteiger partial charge in [0.1, 0.15) is 5.82 Å². The predicted octanol–water partition coefficient (Wildman–Crippen LogP) is 2.30. The van der Waals surface area contributed by atoms with Crippen LogP contribution in [0.1, 0.15) is 53.0 Å². The van der Waals surface area contributed by atoms with Crippen LogP contribution >= 0.6 is 0 Å². The standard InChI is InChI=1S/C18H19N3O2/c22-15-8-16(12-4-2-1-3-5-12)21(11-15)18(23)14-9-19-17(20-10-14)13-6-7-13/h1-5,9-10,13,15-16,22H,6-8,11H2. The molecule has 2 aromatic rings. The number of likely N-dealkylation sites (tertiary alicyclic amines) is 1. The van der Waals surface area contributed by atoms with Crippen LogP contribution in [0.3, 0.4) is 0 Å². The first-order valence-corrected chi connectivity index (χ1v) is 8.08. The zero-order valence-electron chi connectivity index (χ0n) is 12.8. The van der Waals surface area contributed by atoms with E-state index in [-0.39, 0.29) is 11.9 Å². The van der Waals surface area contributed by atoms with Crippen LogP contribution in [-0.4, -0.2) is 38.5 Å². The molecule has 23 heavy (non-hydrogen) atoms. The fourth-order valence-electron chi connectivity index (χ4n) is 3.20. The molecule has 2 fully saturated rings. The molecule has 1 amide bonds. The van der Waals surface area contributed by atoms with Crippen LogP contribution in [0.5, 0.6) is 0 Å². The minimum Gasteiger partial charge on any atom is -0.391 e. The summed E-state index contributed by atoms with van der Waals surface area (Å²) in [6, 6.07) is 9.75. The highest BCUT2D eigenvalue weighted by molar-refractivity contribution is 5.94. The lowest BCUT2D eigenvalue weighted by molar-refractivity contribution is 0.0715. The van der Waals surface area contributed by atoms with Gasteiger partial charge >= 0.3 is 0 Å². The highest BCUT2D eigenvalue weighted by Crippen LogP contribution is 2.38. The van der Waals surface area contributed by atoms with Gasteiger partial charge in [0.15, 0.2) is 0 Å². The number of benzene rings is 1. The Morgan fingerprint density at radius 3 is 2.48 bits per heavy atom. The number of carbonyl (C=O) groups is 1. The van der Waals surface area contributed by atoms with Crippen LogP contribution in [0.2, 0.25) is 0 Å². The Kier molecular flexibility index (Phi) is 3.58. The number of β-amino-alcohol motifs (C(OH)–C–C–N with tert-alkyl or cyclic N) is 1. The summed E-state index contributed by atoms with van der Waals surface area (Å²) in [7, 11) is 0. The lowest BCUT2D eigenvalue weighted by Gasteiger charge is -2.24. The summed E-state index contributed by atoms with van der Waals surface area (Å²) in [5.41, 5.74) is 1.54. The molecule has 2 atom stereocenters. The van der Waals surface area contributed by atoms with E-state index < -0.39 is 6.10 Å². The number of aliphatic hydroxyl groups excluding tert-OH is 1. The zero-order valence-corrected chi connectivity index (χ0v) is 12.8. The van der Waals surface area contributed by atoms with E-state index in [9.17, 15) is 9.90 Å². The van der Waals surface area contributed by atoms with E-state index in [1.54, 1.807) is 17.3 Å². The second-order valence-corrected chi connectivity index (χ2v) is 6.38. The van der Waals surface area contributed by atoms with Gasteiger partial charge in [-0.25, -0.2) is 9.97 Å². The van der Waals surface area contributed by atoms with Crippen molar-refractivity contribution in [2.24, 2.45) is 0 Å². The molecule has 118 valence electrons. The predicted molar refractivity (Wildman–Crippen MR) is 84.9 cm³/mol. The summed E-state index contributed by atoms with van der Waals surface area (Å²) in [5.74, 6) is 1.20. The molecule has 1 saturated heterocycles. The molecule has 2 heterocycles. The number of rotatable bonds is 3. The third-order valence-corrected chi connectivity index (χ3v) is 4.59. The maximum absolute atomic E-state index is 12.8. The van der Waals surface area contributed by atoms with Crippen molar-refractivity contribution in [2.45, 2.75) is 37.3 Å². The summed E-state index contributed by atoms with van der Waals surface area (Å²) in [5, 5.41) is 10.0. The molecule has 0 bridgehead atoms. The molecule has 0 radical (unpaired) electrons. The first kappa shape index (κ1) is 14.3. The minimum absolute atomic E-state index is 0.0955. The molecule has 1 aliphatic heterocycles. The van der Waals surface area contributed by atoms with Crippen molar-refractivity contribution in [3.8, 4) is 0 Å². The molecule has 1 aliphatic carbocycles. The molecule has 1 N–H and O–H groups in total. The van der Waals surface area contributed by atoms with E-state index in [0.29, 0.717) is 24.4 Å². The van der Waals surface area contributed by atoms with Crippen molar-refractivity contribution < 1.29 is 9.90 Å². The highest BCUT2D eigenvalue weighted by atomic mass is 16.3. The van der Waals surface area contributed by atoms with Crippen LogP contribution < -0.4 is 0 Å². The van der Waals surface area contributed by atoms with Crippen LogP contribution in [0.25, 0.3) is 0 Å². The highest BCUT2D eigenvalue weighted by Gasteiger charge is 2.36. The van der Waals surface area contributed by atoms with Gasteiger partial charge in [-0.2, -0.15) is 0 Å². The number of nitrogens with zero attached hydrogens (tertiary/aromatic N) is 3. The Labute approximate surface area is 135 Å². The Hall–Kier alpha value is -2.27. The number of carbonyl (C=O) groups excluding carboxylic acids is 1. The van der Waals surface area contributed by atoms with E-state index in [0.717, 1.165) is 24.2 Å². The lowest BCUT2D eigenvalue weighted by atomic mass is 10.0. The van der Waals surface area contributed by atoms with Gasteiger partial charge in [-0.15, -0.1) is 0 Å². The first-order chi connectivity index (χ1) is 11.2. The minimum atomic E-state index is -0.490. The van der Waals surface area contributed by atoms with Crippen LogP contribution in [0.4, 0.5) is 0 Å². The lowest BCUT2D eigenvalue weighted by Crippen LogP contribution is -2.32. The van der Waals surface area contributed by atoms with Gasteiger partial charge < -0.3 is 10.0 Å². The van der Waals surface area contributed by atoms with Gasteiger partial charge in [-0.3, -0.25) is 4.79 Å². The molecule has 2 unspecified atom stereocenters. The van der Waals surface area contributed by atoms with Gasteiger partial charge in [0.05, 0.1) is 17.7 Å². The van der Waals surface area contributed by atoms with Crippen LogP contribution in [-0.2, 0) is 0 Å². The maximum Gasteiger partial charge on any atom is 0.257 e. The summed E-state index contributed by atoms with van der Waals surface area (Å²) in [6.07, 6.45) is 5.60. The van der Waals surface area contributed by atoms with Crippen molar-refractivity contribution in [2.75, 3.05) is 6.54 Å². The van der Waals surface area contributed by atoms with E-state index in [2.05, 4.69) is 9.97 Å². The third kappa shape index (κ3) is 2.84. The molecule has 1 aromatic carbocycles. The van der Waals surface area contributed by atoms with Gasteiger partial charge in [-0.05, 0) is 24.8 Å². The van der Waals surface area contributed by atoms with Gasteiger partial charge in [-0.1, -0.05) is 30.3 Å². The van der Waals surface area contributed by atoms with Crippen LogP contribution in [0, 0.1) is 0 Å². The van der Waals surface area contributed by atoms with Gasteiger partial charge in [0.25, 0.3) is 5.91 Å². The Bertz CT molecular complexity index is 698. The summed E-state index contributed by atoms with van der Waals surface area (Å²) >= 11 is 0. The van der Waals surface area contributed by atoms with Crippen molar-refractivity contribution in [3.63, 3.8) is 0 Å². The fraction of sp³-hybridized carbons (Fsp3) is 0.389. The SMILES string of the molecule is O=C(c1cnc(C2CC2)nc1)N1CC(O)CC1c1ccccc1. The largest absolute Gasteiger partial charge is 0.391 e. The second kappa shape index (κ2) is 5.74. The molecule has 1 aromatic heterocycles. The molecule has 5 nitrogen and oxygen atoms in total. The molecule has 0 spiro atoms. The first-order valence-electron chi connectivity index (χ1n) is 8.08. The molecule has 4 rings (SSSR count). The number of hydrogen-bond donors (Lipinski definition) is 1. The van der Waals surface area contributed by atoms with Gasteiger partial charge in [0, 0.05) is 24.9 Å². The Morgan fingerprint density at radius 1 is 1.13 bits per heavy atom. The van der Waals surface area contributed by atoms with E-state index >= 15 is 0 Å². The van der Waals surface area contributed by atoms with Gasteiger partial charge in [0.2, 0.25) is 0 Å². The zero-order chi connectivity index (χ0) is 15.8. The van der Waals surface area contributed by atoms with Crippen molar-refractivity contribution in [1.29, 1.82) is 0 Å². The summed E-state index contributed by atoms with van der Waals surface area (Å²) < 4.78 is 0. The van der Waals surface area contributed by atoms with E-state index in [4.69, 9.17) is 0 Å². The second-order valence-electron chi connectivity index (χ2n) is 6.38. The smallest absolute Gasteiger partial charge is 0.257 e. The van der Waals surface area contributed by atoms with E-state index in [1.165, 1.54) is 0 Å². The molecular weight excluding hydrogens is 290 g/mol. The van der Waals surface area contributed by atoms with Crippen LogP contribution in [0.15, 0.2) is 42.7 Å². The topological polar surface area (TPSA) is 66.3 Å². The van der Waals surface area contributed by atoms with E-state index in [1.807, 2.05) is 30.3 Å². The number of aliphatic hydroxyl groups is 1. The normalized spacial score (nSPS) is 24.0. The number of hydrogen-bond acceptors (Lipinski definition) is 4. The monoisotopic (exact) mass is 309 g/mol. The molecular formula is C18H19N3O2. The van der Waals surface area contributed by atoms with Crippen molar-refractivity contribution >= 4 is 5.91 Å². The third-order valence-electron chi connectivity index (χ3n) is 4.59. The molecule has 5 heteroatoms. The maximum atomic E-state index is 12.8. The fourth-order valence-corrected chi connectivity index (χ4v) is 3.20. The van der Waals surface area contributed by atoms with Crippen molar-refractivity contribution in [3.05, 3.63) is 59.7 Å². The number of amides is 1. The average Bonchev–Trinajstić information content (AvgIpc) is 3.37. The average molecular weight is 309 g/mol. The van der Waals surface area contributed by atoms with Crippen molar-refractivity contribution in [1.82, 2.24) is 14.9 Å².